The van der Waals surface area contributed by atoms with Gasteiger partial charge in [0, 0.05) is 23.0 Å². The zero-order chi connectivity index (χ0) is 22.6. The summed E-state index contributed by atoms with van der Waals surface area (Å²) in [5, 5.41) is 0.919. The highest BCUT2D eigenvalue weighted by atomic mass is 19.4. The van der Waals surface area contributed by atoms with Crippen molar-refractivity contribution in [3.63, 3.8) is 0 Å². The lowest BCUT2D eigenvalue weighted by molar-refractivity contribution is -0.183. The molecule has 2 amide bonds. The standard InChI is InChI=1S/C23H20F3N3O3/c1-32-14-8-6-13(7-9-14)20-22(31)28-11-18-16(15-4-2-3-5-17(15)27-18)10-19(28)21(30)29(20)12-23(24,25)26/h2-9,19-20,27H,10-12H2,1H3/t19-,20-/m0/s1. The first-order valence-electron chi connectivity index (χ1n) is 10.2. The van der Waals surface area contributed by atoms with Gasteiger partial charge in [0.25, 0.3) is 5.91 Å². The summed E-state index contributed by atoms with van der Waals surface area (Å²) >= 11 is 0. The maximum atomic E-state index is 13.5. The number of hydrogen-bond acceptors (Lipinski definition) is 3. The molecule has 5 rings (SSSR count). The van der Waals surface area contributed by atoms with Gasteiger partial charge in [-0.15, -0.1) is 0 Å². The number of fused-ring (bicyclic) bond motifs is 4. The van der Waals surface area contributed by atoms with Gasteiger partial charge in [-0.2, -0.15) is 13.2 Å². The molecule has 0 unspecified atom stereocenters. The molecule has 3 aromatic rings. The fourth-order valence-electron chi connectivity index (χ4n) is 4.74. The van der Waals surface area contributed by atoms with E-state index in [1.54, 1.807) is 12.1 Å². The molecule has 1 N–H and O–H groups in total. The topological polar surface area (TPSA) is 65.6 Å². The number of benzene rings is 2. The Morgan fingerprint density at radius 3 is 2.47 bits per heavy atom. The predicted molar refractivity (Wildman–Crippen MR) is 110 cm³/mol. The minimum atomic E-state index is -4.64. The molecule has 0 bridgehead atoms. The number of methoxy groups -OCH3 is 1. The van der Waals surface area contributed by atoms with Crippen LogP contribution in [0.2, 0.25) is 0 Å². The molecule has 9 heteroatoms. The van der Waals surface area contributed by atoms with Gasteiger partial charge in [-0.1, -0.05) is 30.3 Å². The molecule has 2 aromatic carbocycles. The van der Waals surface area contributed by atoms with Crippen molar-refractivity contribution in [1.82, 2.24) is 14.8 Å². The molecule has 0 spiro atoms. The Hall–Kier alpha value is -3.49. The van der Waals surface area contributed by atoms with E-state index in [0.717, 1.165) is 22.2 Å². The Kier molecular flexibility index (Phi) is 4.65. The molecular weight excluding hydrogens is 423 g/mol. The number of aromatic nitrogens is 1. The van der Waals surface area contributed by atoms with Crippen molar-refractivity contribution >= 4 is 22.7 Å². The molecule has 166 valence electrons. The molecule has 2 aliphatic rings. The van der Waals surface area contributed by atoms with Crippen LogP contribution in [0.25, 0.3) is 10.9 Å². The van der Waals surface area contributed by atoms with Crippen molar-refractivity contribution in [1.29, 1.82) is 0 Å². The minimum Gasteiger partial charge on any atom is -0.497 e. The zero-order valence-electron chi connectivity index (χ0n) is 17.1. The van der Waals surface area contributed by atoms with Gasteiger partial charge in [-0.25, -0.2) is 0 Å². The van der Waals surface area contributed by atoms with Gasteiger partial charge in [0.15, 0.2) is 0 Å². The molecule has 2 atom stereocenters. The summed E-state index contributed by atoms with van der Waals surface area (Å²) in [5.41, 5.74) is 2.87. The van der Waals surface area contributed by atoms with Crippen LogP contribution in [0.3, 0.4) is 0 Å². The summed E-state index contributed by atoms with van der Waals surface area (Å²) in [7, 11) is 1.47. The van der Waals surface area contributed by atoms with Crippen molar-refractivity contribution in [2.45, 2.75) is 31.2 Å². The largest absolute Gasteiger partial charge is 0.497 e. The monoisotopic (exact) mass is 443 g/mol. The van der Waals surface area contributed by atoms with Crippen molar-refractivity contribution in [3.05, 3.63) is 65.4 Å². The number of H-pyrrole nitrogens is 1. The highest BCUT2D eigenvalue weighted by molar-refractivity contribution is 5.99. The number of nitrogens with zero attached hydrogens (tertiary/aromatic N) is 2. The molecule has 1 fully saturated rings. The Labute approximate surface area is 181 Å². The lowest BCUT2D eigenvalue weighted by Crippen LogP contribution is -2.63. The van der Waals surface area contributed by atoms with Gasteiger partial charge in [0.2, 0.25) is 5.91 Å². The first-order valence-corrected chi connectivity index (χ1v) is 10.2. The highest BCUT2D eigenvalue weighted by Gasteiger charge is 2.51. The number of piperazine rings is 1. The number of aromatic amines is 1. The van der Waals surface area contributed by atoms with Crippen LogP contribution in [-0.4, -0.2) is 52.5 Å². The second-order valence-electron chi connectivity index (χ2n) is 8.07. The third-order valence-corrected chi connectivity index (χ3v) is 6.18. The van der Waals surface area contributed by atoms with Crippen LogP contribution >= 0.6 is 0 Å². The molecule has 32 heavy (non-hydrogen) atoms. The average Bonchev–Trinajstić information content (AvgIpc) is 3.13. The fraction of sp³-hybridized carbons (Fsp3) is 0.304. The molecule has 0 radical (unpaired) electrons. The third kappa shape index (κ3) is 3.28. The Bertz CT molecular complexity index is 1200. The van der Waals surface area contributed by atoms with Gasteiger partial charge >= 0.3 is 6.18 Å². The van der Waals surface area contributed by atoms with Gasteiger partial charge in [-0.05, 0) is 29.3 Å². The number of ether oxygens (including phenoxy) is 1. The van der Waals surface area contributed by atoms with Crippen molar-refractivity contribution in [2.75, 3.05) is 13.7 Å². The first kappa shape index (κ1) is 20.4. The van der Waals surface area contributed by atoms with Crippen LogP contribution < -0.4 is 4.74 Å². The van der Waals surface area contributed by atoms with Gasteiger partial charge in [0.05, 0.1) is 13.7 Å². The summed E-state index contributed by atoms with van der Waals surface area (Å²) in [4.78, 5) is 32.2. The normalized spacial score (nSPS) is 21.0. The van der Waals surface area contributed by atoms with Crippen LogP contribution in [0.1, 0.15) is 22.9 Å². The quantitative estimate of drug-likeness (QED) is 0.673. The molecule has 6 nitrogen and oxygen atoms in total. The number of hydrogen-bond donors (Lipinski definition) is 1. The van der Waals surface area contributed by atoms with E-state index < -0.39 is 36.6 Å². The molecule has 1 saturated heterocycles. The zero-order valence-corrected chi connectivity index (χ0v) is 17.1. The summed E-state index contributed by atoms with van der Waals surface area (Å²) in [6, 6.07) is 11.4. The Morgan fingerprint density at radius 1 is 1.06 bits per heavy atom. The Balaban J connectivity index is 1.58. The van der Waals surface area contributed by atoms with Gasteiger partial charge in [0.1, 0.15) is 24.4 Å². The fourth-order valence-corrected chi connectivity index (χ4v) is 4.74. The summed E-state index contributed by atoms with van der Waals surface area (Å²) in [5.74, 6) is -0.712. The van der Waals surface area contributed by atoms with Crippen molar-refractivity contribution in [3.8, 4) is 5.75 Å². The molecule has 0 aliphatic carbocycles. The van der Waals surface area contributed by atoms with E-state index in [-0.39, 0.29) is 13.0 Å². The lowest BCUT2D eigenvalue weighted by Gasteiger charge is -2.47. The maximum absolute atomic E-state index is 13.5. The maximum Gasteiger partial charge on any atom is 0.406 e. The van der Waals surface area contributed by atoms with E-state index in [0.29, 0.717) is 16.2 Å². The van der Waals surface area contributed by atoms with Crippen LogP contribution in [0.4, 0.5) is 13.2 Å². The first-order chi connectivity index (χ1) is 15.3. The van der Waals surface area contributed by atoms with Crippen LogP contribution in [-0.2, 0) is 22.6 Å². The number of rotatable bonds is 3. The van der Waals surface area contributed by atoms with Crippen LogP contribution in [0.5, 0.6) is 5.75 Å². The number of halogens is 3. The SMILES string of the molecule is COc1ccc([C@H]2C(=O)N3Cc4[nH]c5ccccc5c4C[C@H]3C(=O)N2CC(F)(F)F)cc1. The number of amides is 2. The lowest BCUT2D eigenvalue weighted by atomic mass is 9.90. The average molecular weight is 443 g/mol. The number of para-hydroxylation sites is 1. The second-order valence-corrected chi connectivity index (χ2v) is 8.07. The van der Waals surface area contributed by atoms with Crippen LogP contribution in [0.15, 0.2) is 48.5 Å². The van der Waals surface area contributed by atoms with E-state index in [2.05, 4.69) is 4.98 Å². The number of nitrogens with one attached hydrogen (secondary N) is 1. The summed E-state index contributed by atoms with van der Waals surface area (Å²) in [6.45, 7) is -1.34. The van der Waals surface area contributed by atoms with E-state index in [1.807, 2.05) is 24.3 Å². The molecule has 0 saturated carbocycles. The summed E-state index contributed by atoms with van der Waals surface area (Å²) in [6.07, 6.45) is -4.46. The molecule has 2 aliphatic heterocycles. The van der Waals surface area contributed by atoms with Gasteiger partial charge < -0.3 is 19.5 Å². The molecular formula is C23H20F3N3O3. The number of alkyl halides is 3. The highest BCUT2D eigenvalue weighted by Crippen LogP contribution is 2.39. The minimum absolute atomic E-state index is 0.145. The number of carbonyl (C=O) groups excluding carboxylic acids is 2. The second kappa shape index (κ2) is 7.29. The third-order valence-electron chi connectivity index (χ3n) is 6.18. The van der Waals surface area contributed by atoms with Gasteiger partial charge in [-0.3, -0.25) is 9.59 Å². The Morgan fingerprint density at radius 2 is 1.78 bits per heavy atom. The predicted octanol–water partition coefficient (Wildman–Crippen LogP) is 3.58. The molecule has 3 heterocycles. The number of carbonyl (C=O) groups is 2. The van der Waals surface area contributed by atoms with E-state index in [4.69, 9.17) is 4.74 Å². The molecule has 1 aromatic heterocycles. The van der Waals surface area contributed by atoms with Crippen LogP contribution in [0, 0.1) is 0 Å². The van der Waals surface area contributed by atoms with Crippen molar-refractivity contribution in [2.24, 2.45) is 0 Å². The van der Waals surface area contributed by atoms with E-state index in [9.17, 15) is 22.8 Å². The van der Waals surface area contributed by atoms with E-state index >= 15 is 0 Å². The smallest absolute Gasteiger partial charge is 0.406 e. The summed E-state index contributed by atoms with van der Waals surface area (Å²) < 4.78 is 45.4. The van der Waals surface area contributed by atoms with Crippen molar-refractivity contribution < 1.29 is 27.5 Å². The van der Waals surface area contributed by atoms with E-state index in [1.165, 1.54) is 24.1 Å².